The number of amides is 1. The molecule has 0 aromatic carbocycles. The van der Waals surface area contributed by atoms with Gasteiger partial charge in [0.2, 0.25) is 0 Å². The lowest BCUT2D eigenvalue weighted by Gasteiger charge is -2.10. The molecule has 0 saturated heterocycles. The van der Waals surface area contributed by atoms with Crippen molar-refractivity contribution in [2.24, 2.45) is 0 Å². The molecule has 5 nitrogen and oxygen atoms in total. The lowest BCUT2D eigenvalue weighted by Crippen LogP contribution is -2.35. The average molecular weight is 301 g/mol. The molecule has 0 saturated carbocycles. The van der Waals surface area contributed by atoms with E-state index in [0.717, 1.165) is 5.41 Å². The summed E-state index contributed by atoms with van der Waals surface area (Å²) in [7, 11) is -3.18. The van der Waals surface area contributed by atoms with Crippen LogP contribution in [0.1, 0.15) is 23.0 Å². The molecule has 1 aliphatic rings. The predicted octanol–water partition coefficient (Wildman–Crippen LogP) is 1.34. The SMILES string of the molecule is CCc1cc(C(=O)NC2C=CS(=O)(=O)C2)cc(Cl)n1. The molecule has 2 rings (SSSR count). The first kappa shape index (κ1) is 14.0. The van der Waals surface area contributed by atoms with Crippen LogP contribution in [0.25, 0.3) is 0 Å². The van der Waals surface area contributed by atoms with Gasteiger partial charge >= 0.3 is 0 Å². The van der Waals surface area contributed by atoms with E-state index in [9.17, 15) is 13.2 Å². The molecule has 1 amide bonds. The summed E-state index contributed by atoms with van der Waals surface area (Å²) in [4.78, 5) is 16.1. The van der Waals surface area contributed by atoms with Gasteiger partial charge < -0.3 is 5.32 Å². The zero-order valence-corrected chi connectivity index (χ0v) is 11.8. The van der Waals surface area contributed by atoms with Crippen LogP contribution in [-0.2, 0) is 16.3 Å². The van der Waals surface area contributed by atoms with Crippen molar-refractivity contribution < 1.29 is 13.2 Å². The van der Waals surface area contributed by atoms with Crippen LogP contribution in [0, 0.1) is 0 Å². The van der Waals surface area contributed by atoms with Crippen LogP contribution in [0.3, 0.4) is 0 Å². The zero-order valence-electron chi connectivity index (χ0n) is 10.3. The molecular formula is C12H13ClN2O3S. The summed E-state index contributed by atoms with van der Waals surface area (Å²) in [5.74, 6) is -0.455. The van der Waals surface area contributed by atoms with Gasteiger partial charge in [-0.3, -0.25) is 4.79 Å². The molecular weight excluding hydrogens is 288 g/mol. The van der Waals surface area contributed by atoms with Crippen molar-refractivity contribution in [3.63, 3.8) is 0 Å². The van der Waals surface area contributed by atoms with Gasteiger partial charge in [0.1, 0.15) is 5.15 Å². The molecule has 1 aromatic heterocycles. The summed E-state index contributed by atoms with van der Waals surface area (Å²) in [6.07, 6.45) is 2.13. The summed E-state index contributed by atoms with van der Waals surface area (Å²) in [6.45, 7) is 1.91. The Hall–Kier alpha value is -1.40. The molecule has 0 spiro atoms. The van der Waals surface area contributed by atoms with Crippen LogP contribution in [0.15, 0.2) is 23.6 Å². The number of aromatic nitrogens is 1. The molecule has 102 valence electrons. The van der Waals surface area contributed by atoms with E-state index in [1.54, 1.807) is 6.07 Å². The van der Waals surface area contributed by atoms with Crippen molar-refractivity contribution in [2.45, 2.75) is 19.4 Å². The second kappa shape index (κ2) is 5.30. The molecule has 19 heavy (non-hydrogen) atoms. The van der Waals surface area contributed by atoms with E-state index in [2.05, 4.69) is 10.3 Å². The Balaban J connectivity index is 2.13. The molecule has 1 aliphatic heterocycles. The first-order valence-electron chi connectivity index (χ1n) is 5.78. The van der Waals surface area contributed by atoms with Gasteiger partial charge in [-0.25, -0.2) is 13.4 Å². The number of halogens is 1. The fourth-order valence-electron chi connectivity index (χ4n) is 1.78. The number of hydrogen-bond acceptors (Lipinski definition) is 4. The van der Waals surface area contributed by atoms with Crippen LogP contribution < -0.4 is 5.32 Å². The maximum absolute atomic E-state index is 12.0. The fraction of sp³-hybridized carbons (Fsp3) is 0.333. The highest BCUT2D eigenvalue weighted by atomic mass is 35.5. The molecule has 1 N–H and O–H groups in total. The summed E-state index contributed by atoms with van der Waals surface area (Å²) in [5, 5.41) is 4.01. The Morgan fingerprint density at radius 1 is 1.53 bits per heavy atom. The van der Waals surface area contributed by atoms with E-state index in [1.807, 2.05) is 6.92 Å². The van der Waals surface area contributed by atoms with E-state index < -0.39 is 15.9 Å². The monoisotopic (exact) mass is 300 g/mol. The average Bonchev–Trinajstić information content (AvgIpc) is 2.67. The van der Waals surface area contributed by atoms with Crippen molar-refractivity contribution in [3.8, 4) is 0 Å². The van der Waals surface area contributed by atoms with Gasteiger partial charge in [0.15, 0.2) is 9.84 Å². The number of aryl methyl sites for hydroxylation is 1. The van der Waals surface area contributed by atoms with E-state index in [1.165, 1.54) is 12.1 Å². The number of carbonyl (C=O) groups excluding carboxylic acids is 1. The number of rotatable bonds is 3. The number of pyridine rings is 1. The third-order valence-electron chi connectivity index (χ3n) is 2.72. The fourth-order valence-corrected chi connectivity index (χ4v) is 3.24. The van der Waals surface area contributed by atoms with Gasteiger partial charge in [0, 0.05) is 16.7 Å². The maximum Gasteiger partial charge on any atom is 0.251 e. The largest absolute Gasteiger partial charge is 0.345 e. The lowest BCUT2D eigenvalue weighted by atomic mass is 10.2. The smallest absolute Gasteiger partial charge is 0.251 e. The Bertz CT molecular complexity index is 640. The van der Waals surface area contributed by atoms with Crippen LogP contribution in [0.5, 0.6) is 0 Å². The van der Waals surface area contributed by atoms with E-state index >= 15 is 0 Å². The minimum Gasteiger partial charge on any atom is -0.345 e. The second-order valence-electron chi connectivity index (χ2n) is 4.26. The van der Waals surface area contributed by atoms with Crippen molar-refractivity contribution in [2.75, 3.05) is 5.75 Å². The Labute approximate surface area is 116 Å². The molecule has 1 atom stereocenters. The normalized spacial score (nSPS) is 20.4. The molecule has 0 aliphatic carbocycles. The van der Waals surface area contributed by atoms with Gasteiger partial charge in [0.05, 0.1) is 11.8 Å². The Morgan fingerprint density at radius 2 is 2.26 bits per heavy atom. The van der Waals surface area contributed by atoms with Crippen molar-refractivity contribution in [1.82, 2.24) is 10.3 Å². The molecule has 2 heterocycles. The molecule has 1 aromatic rings. The Morgan fingerprint density at radius 3 is 2.84 bits per heavy atom. The van der Waals surface area contributed by atoms with Gasteiger partial charge in [-0.1, -0.05) is 18.5 Å². The topological polar surface area (TPSA) is 76.1 Å². The van der Waals surface area contributed by atoms with Crippen LogP contribution in [0.2, 0.25) is 5.15 Å². The van der Waals surface area contributed by atoms with Gasteiger partial charge in [-0.15, -0.1) is 0 Å². The van der Waals surface area contributed by atoms with Gasteiger partial charge in [-0.05, 0) is 24.6 Å². The second-order valence-corrected chi connectivity index (χ2v) is 6.58. The van der Waals surface area contributed by atoms with Crippen LogP contribution in [-0.4, -0.2) is 31.1 Å². The molecule has 7 heteroatoms. The molecule has 0 bridgehead atoms. The zero-order chi connectivity index (χ0) is 14.0. The number of carbonyl (C=O) groups is 1. The Kier molecular flexibility index (Phi) is 3.91. The minimum atomic E-state index is -3.18. The lowest BCUT2D eigenvalue weighted by molar-refractivity contribution is 0.0947. The van der Waals surface area contributed by atoms with E-state index in [0.29, 0.717) is 17.7 Å². The van der Waals surface area contributed by atoms with Crippen LogP contribution in [0.4, 0.5) is 0 Å². The first-order valence-corrected chi connectivity index (χ1v) is 7.87. The van der Waals surface area contributed by atoms with E-state index in [-0.39, 0.29) is 16.8 Å². The number of hydrogen-bond donors (Lipinski definition) is 1. The minimum absolute atomic E-state index is 0.0990. The highest BCUT2D eigenvalue weighted by Crippen LogP contribution is 2.13. The standard InChI is InChI=1S/C12H13ClN2O3S/c1-2-9-5-8(6-11(13)14-9)12(16)15-10-3-4-19(17,18)7-10/h3-6,10H,2,7H2,1H3,(H,15,16). The molecule has 1 unspecified atom stereocenters. The van der Waals surface area contributed by atoms with Crippen LogP contribution >= 0.6 is 11.6 Å². The van der Waals surface area contributed by atoms with Crippen molar-refractivity contribution in [3.05, 3.63) is 40.0 Å². The number of nitrogens with zero attached hydrogens (tertiary/aromatic N) is 1. The predicted molar refractivity (Wildman–Crippen MR) is 72.8 cm³/mol. The number of sulfone groups is 1. The highest BCUT2D eigenvalue weighted by Gasteiger charge is 2.23. The molecule has 0 fully saturated rings. The summed E-state index contributed by atoms with van der Waals surface area (Å²) in [5.41, 5.74) is 1.10. The van der Waals surface area contributed by atoms with Gasteiger partial charge in [0.25, 0.3) is 5.91 Å². The van der Waals surface area contributed by atoms with Crippen molar-refractivity contribution >= 4 is 27.3 Å². The number of nitrogens with one attached hydrogen (secondary N) is 1. The summed E-state index contributed by atoms with van der Waals surface area (Å²) in [6, 6.07) is 2.62. The van der Waals surface area contributed by atoms with Gasteiger partial charge in [-0.2, -0.15) is 0 Å². The summed E-state index contributed by atoms with van der Waals surface area (Å²) < 4.78 is 22.5. The quantitative estimate of drug-likeness (QED) is 0.855. The summed E-state index contributed by atoms with van der Waals surface area (Å²) >= 11 is 5.83. The van der Waals surface area contributed by atoms with E-state index in [4.69, 9.17) is 11.6 Å². The third kappa shape index (κ3) is 3.54. The van der Waals surface area contributed by atoms with Crippen molar-refractivity contribution in [1.29, 1.82) is 0 Å². The maximum atomic E-state index is 12.0. The first-order chi connectivity index (χ1) is 8.89. The highest BCUT2D eigenvalue weighted by molar-refractivity contribution is 7.94. The third-order valence-corrected chi connectivity index (χ3v) is 4.31. The molecule has 0 radical (unpaired) electrons.